The summed E-state index contributed by atoms with van der Waals surface area (Å²) in [6.45, 7) is 4.04. The van der Waals surface area contributed by atoms with Gasteiger partial charge in [-0.3, -0.25) is 4.79 Å². The monoisotopic (exact) mass is 348 g/mol. The molecule has 2 atom stereocenters. The molecule has 120 valence electrons. The van der Waals surface area contributed by atoms with Crippen molar-refractivity contribution >= 4 is 29.0 Å². The Balaban J connectivity index is 2.33. The van der Waals surface area contributed by atoms with Crippen molar-refractivity contribution in [3.63, 3.8) is 0 Å². The van der Waals surface area contributed by atoms with Crippen molar-refractivity contribution in [3.8, 4) is 5.75 Å². The van der Waals surface area contributed by atoms with Crippen LogP contribution in [0.5, 0.6) is 5.75 Å². The van der Waals surface area contributed by atoms with Crippen molar-refractivity contribution in [2.45, 2.75) is 26.2 Å². The fraction of sp³-hybridized carbons (Fsp3) is 0.316. The summed E-state index contributed by atoms with van der Waals surface area (Å²) in [6, 6.07) is 11.9. The van der Waals surface area contributed by atoms with E-state index in [4.69, 9.17) is 27.9 Å². The summed E-state index contributed by atoms with van der Waals surface area (Å²) in [5, 5.41) is 0.595. The molecule has 0 aliphatic heterocycles. The van der Waals surface area contributed by atoms with Gasteiger partial charge in [0.15, 0.2) is 5.78 Å². The number of carbonyl (C=O) groups is 1. The van der Waals surface area contributed by atoms with Gasteiger partial charge < -0.3 is 4.74 Å². The first kappa shape index (κ1) is 16.4. The number of rotatable bonds is 3. The van der Waals surface area contributed by atoms with Crippen LogP contribution in [0.25, 0.3) is 0 Å². The molecule has 0 bridgehead atoms. The van der Waals surface area contributed by atoms with E-state index in [9.17, 15) is 4.79 Å². The van der Waals surface area contributed by atoms with E-state index in [0.717, 1.165) is 17.5 Å². The number of carbonyl (C=O) groups excluding carboxylic acids is 1. The molecule has 0 saturated carbocycles. The Morgan fingerprint density at radius 3 is 2.39 bits per heavy atom. The highest BCUT2D eigenvalue weighted by Gasteiger charge is 2.50. The standard InChI is InChI=1S/C19H18Cl2O2/c1-4-19(2)15(11-8-6-5-7-9-11)12-10-13(23-3)16(20)17(21)14(12)18(19)22/h5-10,15H,4H2,1-3H3/t15-,19+/m1/s1. The Labute approximate surface area is 146 Å². The second-order valence-corrected chi connectivity index (χ2v) is 6.87. The molecule has 0 fully saturated rings. The molecule has 2 nitrogen and oxygen atoms in total. The highest BCUT2D eigenvalue weighted by molar-refractivity contribution is 6.45. The van der Waals surface area contributed by atoms with Gasteiger partial charge in [-0.05, 0) is 23.6 Å². The van der Waals surface area contributed by atoms with Crippen LogP contribution in [-0.4, -0.2) is 12.9 Å². The van der Waals surface area contributed by atoms with Crippen LogP contribution >= 0.6 is 23.2 Å². The topological polar surface area (TPSA) is 26.3 Å². The van der Waals surface area contributed by atoms with Gasteiger partial charge in [0.05, 0.1) is 12.1 Å². The summed E-state index contributed by atoms with van der Waals surface area (Å²) in [7, 11) is 1.55. The molecule has 2 aromatic rings. The molecular weight excluding hydrogens is 331 g/mol. The molecule has 0 spiro atoms. The lowest BCUT2D eigenvalue weighted by Crippen LogP contribution is -2.27. The lowest BCUT2D eigenvalue weighted by Gasteiger charge is -2.29. The van der Waals surface area contributed by atoms with Gasteiger partial charge in [0.1, 0.15) is 10.8 Å². The molecule has 3 rings (SSSR count). The summed E-state index contributed by atoms with van der Waals surface area (Å²) < 4.78 is 5.34. The van der Waals surface area contributed by atoms with Crippen LogP contribution in [-0.2, 0) is 0 Å². The smallest absolute Gasteiger partial charge is 0.171 e. The zero-order valence-corrected chi connectivity index (χ0v) is 14.8. The Morgan fingerprint density at radius 2 is 1.83 bits per heavy atom. The Morgan fingerprint density at radius 1 is 1.17 bits per heavy atom. The SMILES string of the molecule is CC[C@]1(C)C(=O)c2c(cc(OC)c(Cl)c2Cl)[C@H]1c1ccccc1. The second kappa shape index (κ2) is 5.85. The molecule has 4 heteroatoms. The van der Waals surface area contributed by atoms with Crippen LogP contribution in [0.3, 0.4) is 0 Å². The first-order valence-corrected chi connectivity index (χ1v) is 8.37. The average Bonchev–Trinajstić information content (AvgIpc) is 2.80. The van der Waals surface area contributed by atoms with E-state index in [-0.39, 0.29) is 11.7 Å². The van der Waals surface area contributed by atoms with Crippen LogP contribution in [0.15, 0.2) is 36.4 Å². The first-order valence-electron chi connectivity index (χ1n) is 7.61. The molecule has 23 heavy (non-hydrogen) atoms. The maximum Gasteiger partial charge on any atom is 0.171 e. The van der Waals surface area contributed by atoms with Gasteiger partial charge >= 0.3 is 0 Å². The molecule has 0 N–H and O–H groups in total. The minimum absolute atomic E-state index is 0.0541. The zero-order valence-electron chi connectivity index (χ0n) is 13.3. The largest absolute Gasteiger partial charge is 0.495 e. The Kier molecular flexibility index (Phi) is 4.16. The third-order valence-corrected chi connectivity index (χ3v) is 5.83. The predicted octanol–water partition coefficient (Wildman–Crippen LogP) is 5.75. The molecule has 0 radical (unpaired) electrons. The van der Waals surface area contributed by atoms with E-state index in [0.29, 0.717) is 21.4 Å². The number of hydrogen-bond acceptors (Lipinski definition) is 2. The van der Waals surface area contributed by atoms with Crippen molar-refractivity contribution in [1.29, 1.82) is 0 Å². The van der Waals surface area contributed by atoms with E-state index < -0.39 is 5.41 Å². The van der Waals surface area contributed by atoms with E-state index in [1.807, 2.05) is 38.1 Å². The number of halogens is 2. The fourth-order valence-corrected chi connectivity index (χ4v) is 4.06. The third kappa shape index (κ3) is 2.28. The summed E-state index contributed by atoms with van der Waals surface area (Å²) >= 11 is 12.7. The molecule has 0 aromatic heterocycles. The van der Waals surface area contributed by atoms with Crippen molar-refractivity contribution in [2.75, 3.05) is 7.11 Å². The quantitative estimate of drug-likeness (QED) is 0.706. The molecule has 0 saturated heterocycles. The number of hydrogen-bond donors (Lipinski definition) is 0. The van der Waals surface area contributed by atoms with Crippen LogP contribution in [0.2, 0.25) is 10.0 Å². The van der Waals surface area contributed by atoms with Crippen LogP contribution < -0.4 is 4.74 Å². The number of fused-ring (bicyclic) bond motifs is 1. The molecule has 0 heterocycles. The molecule has 0 amide bonds. The molecular formula is C19H18Cl2O2. The molecule has 1 aliphatic carbocycles. The minimum Gasteiger partial charge on any atom is -0.495 e. The van der Waals surface area contributed by atoms with E-state index in [1.165, 1.54) is 0 Å². The molecule has 0 unspecified atom stereocenters. The molecule has 1 aliphatic rings. The number of methoxy groups -OCH3 is 1. The third-order valence-electron chi connectivity index (χ3n) is 4.98. The number of ketones is 1. The number of ether oxygens (including phenoxy) is 1. The van der Waals surface area contributed by atoms with Gasteiger partial charge in [0, 0.05) is 16.9 Å². The summed E-state index contributed by atoms with van der Waals surface area (Å²) in [4.78, 5) is 13.1. The van der Waals surface area contributed by atoms with Crippen LogP contribution in [0, 0.1) is 5.41 Å². The Bertz CT molecular complexity index is 771. The summed E-state index contributed by atoms with van der Waals surface area (Å²) in [5.41, 5.74) is 2.00. The number of Topliss-reactive ketones (excluding diaryl/α,β-unsaturated/α-hetero) is 1. The van der Waals surface area contributed by atoms with Gasteiger partial charge in [0.2, 0.25) is 0 Å². The van der Waals surface area contributed by atoms with Crippen LogP contribution in [0.1, 0.15) is 47.7 Å². The van der Waals surface area contributed by atoms with Crippen molar-refractivity contribution in [3.05, 3.63) is 63.1 Å². The lowest BCUT2D eigenvalue weighted by molar-refractivity contribution is 0.0817. The van der Waals surface area contributed by atoms with Crippen LogP contribution in [0.4, 0.5) is 0 Å². The van der Waals surface area contributed by atoms with Gasteiger partial charge in [0.25, 0.3) is 0 Å². The maximum absolute atomic E-state index is 13.1. The lowest BCUT2D eigenvalue weighted by atomic mass is 9.72. The maximum atomic E-state index is 13.1. The number of benzene rings is 2. The van der Waals surface area contributed by atoms with Crippen molar-refractivity contribution in [2.24, 2.45) is 5.41 Å². The van der Waals surface area contributed by atoms with E-state index in [1.54, 1.807) is 7.11 Å². The highest BCUT2D eigenvalue weighted by atomic mass is 35.5. The first-order chi connectivity index (χ1) is 11.0. The fourth-order valence-electron chi connectivity index (χ4n) is 3.55. The van der Waals surface area contributed by atoms with Gasteiger partial charge in [-0.25, -0.2) is 0 Å². The predicted molar refractivity (Wildman–Crippen MR) is 94.0 cm³/mol. The van der Waals surface area contributed by atoms with Gasteiger partial charge in [-0.15, -0.1) is 0 Å². The highest BCUT2D eigenvalue weighted by Crippen LogP contribution is 2.56. The van der Waals surface area contributed by atoms with Gasteiger partial charge in [-0.1, -0.05) is 67.4 Å². The average molecular weight is 349 g/mol. The van der Waals surface area contributed by atoms with Gasteiger partial charge in [-0.2, -0.15) is 0 Å². The van der Waals surface area contributed by atoms with E-state index in [2.05, 4.69) is 12.1 Å². The summed E-state index contributed by atoms with van der Waals surface area (Å²) in [5.74, 6) is 0.503. The second-order valence-electron chi connectivity index (χ2n) is 6.11. The van der Waals surface area contributed by atoms with Crippen molar-refractivity contribution < 1.29 is 9.53 Å². The Hall–Kier alpha value is -1.51. The zero-order chi connectivity index (χ0) is 16.8. The summed E-state index contributed by atoms with van der Waals surface area (Å²) in [6.07, 6.45) is 0.719. The minimum atomic E-state index is -0.539. The van der Waals surface area contributed by atoms with Crippen molar-refractivity contribution in [1.82, 2.24) is 0 Å². The van der Waals surface area contributed by atoms with E-state index >= 15 is 0 Å². The normalized spacial score (nSPS) is 23.0. The molecule has 2 aromatic carbocycles.